The predicted octanol–water partition coefficient (Wildman–Crippen LogP) is 3.76. The first-order chi connectivity index (χ1) is 15.0. The number of H-pyrrole nitrogens is 1. The monoisotopic (exact) mass is 471 g/mol. The highest BCUT2D eigenvalue weighted by molar-refractivity contribution is 7.92. The van der Waals surface area contributed by atoms with Crippen LogP contribution in [-0.4, -0.2) is 41.2 Å². The Morgan fingerprint density at radius 3 is 2.69 bits per heavy atom. The molecule has 1 aromatic carbocycles. The number of carbonyl (C=O) groups is 1. The number of nitrogens with zero attached hydrogens (tertiary/aromatic N) is 2. The lowest BCUT2D eigenvalue weighted by atomic mass is 10.1. The maximum atomic E-state index is 14.8. The first-order valence-corrected chi connectivity index (χ1v) is 11.2. The van der Waals surface area contributed by atoms with E-state index in [1.54, 1.807) is 6.92 Å². The molecule has 0 bridgehead atoms. The van der Waals surface area contributed by atoms with Gasteiger partial charge in [-0.05, 0) is 24.6 Å². The molecule has 2 aromatic heterocycles. The van der Waals surface area contributed by atoms with Gasteiger partial charge in [0.05, 0.1) is 34.9 Å². The van der Waals surface area contributed by atoms with Gasteiger partial charge in [-0.3, -0.25) is 14.6 Å². The summed E-state index contributed by atoms with van der Waals surface area (Å²) >= 11 is 0. The molecule has 1 atom stereocenters. The first kappa shape index (κ1) is 22.0. The van der Waals surface area contributed by atoms with Gasteiger partial charge in [0.25, 0.3) is 11.8 Å². The lowest BCUT2D eigenvalue weighted by Crippen LogP contribution is -2.20. The Labute approximate surface area is 179 Å². The van der Waals surface area contributed by atoms with E-state index in [1.807, 2.05) is 4.72 Å². The number of aromatic nitrogens is 3. The lowest BCUT2D eigenvalue weighted by Gasteiger charge is -2.12. The van der Waals surface area contributed by atoms with E-state index in [2.05, 4.69) is 20.5 Å². The first-order valence-electron chi connectivity index (χ1n) is 9.54. The SMILES string of the molecule is CCCS(=O)(=O)Nc1ccc(F)c(C(=O)Nc2cnc3[nH]nc([C@@H]4CC4(F)F)c3c2)c1F. The molecule has 1 aliphatic rings. The van der Waals surface area contributed by atoms with Crippen LogP contribution in [0.3, 0.4) is 0 Å². The van der Waals surface area contributed by atoms with Gasteiger partial charge in [-0.1, -0.05) is 6.92 Å². The summed E-state index contributed by atoms with van der Waals surface area (Å²) in [6, 6.07) is 2.94. The molecule has 13 heteroatoms. The smallest absolute Gasteiger partial charge is 0.261 e. The van der Waals surface area contributed by atoms with Gasteiger partial charge in [0.1, 0.15) is 11.4 Å². The molecule has 4 rings (SSSR count). The Balaban J connectivity index is 1.62. The summed E-state index contributed by atoms with van der Waals surface area (Å²) in [6.45, 7) is 1.61. The van der Waals surface area contributed by atoms with Crippen LogP contribution >= 0.6 is 0 Å². The van der Waals surface area contributed by atoms with Crippen LogP contribution in [0.2, 0.25) is 0 Å². The van der Waals surface area contributed by atoms with Crippen molar-refractivity contribution in [2.75, 3.05) is 15.8 Å². The number of fused-ring (bicyclic) bond motifs is 1. The molecule has 32 heavy (non-hydrogen) atoms. The van der Waals surface area contributed by atoms with Crippen LogP contribution in [0.1, 0.15) is 41.7 Å². The number of carbonyl (C=O) groups excluding carboxylic acids is 1. The van der Waals surface area contributed by atoms with Gasteiger partial charge in [0.15, 0.2) is 11.5 Å². The molecule has 1 aliphatic carbocycles. The third-order valence-electron chi connectivity index (χ3n) is 4.92. The molecule has 1 fully saturated rings. The minimum Gasteiger partial charge on any atom is -0.320 e. The van der Waals surface area contributed by atoms with E-state index in [-0.39, 0.29) is 41.0 Å². The summed E-state index contributed by atoms with van der Waals surface area (Å²) < 4.78 is 81.7. The van der Waals surface area contributed by atoms with E-state index in [9.17, 15) is 30.8 Å². The average molecular weight is 471 g/mol. The van der Waals surface area contributed by atoms with Gasteiger partial charge >= 0.3 is 0 Å². The zero-order chi connectivity index (χ0) is 23.3. The molecule has 1 saturated carbocycles. The van der Waals surface area contributed by atoms with E-state index in [1.165, 1.54) is 6.07 Å². The molecule has 170 valence electrons. The summed E-state index contributed by atoms with van der Waals surface area (Å²) in [6.07, 6.45) is 1.07. The second-order valence-electron chi connectivity index (χ2n) is 7.41. The predicted molar refractivity (Wildman–Crippen MR) is 108 cm³/mol. The molecule has 2 heterocycles. The van der Waals surface area contributed by atoms with Crippen LogP contribution in [0.15, 0.2) is 24.4 Å². The number of pyridine rings is 1. The summed E-state index contributed by atoms with van der Waals surface area (Å²) in [5.41, 5.74) is -1.30. The van der Waals surface area contributed by atoms with Crippen molar-refractivity contribution in [1.82, 2.24) is 15.2 Å². The molecule has 0 spiro atoms. The fourth-order valence-corrected chi connectivity index (χ4v) is 4.42. The second-order valence-corrected chi connectivity index (χ2v) is 9.25. The van der Waals surface area contributed by atoms with E-state index in [4.69, 9.17) is 0 Å². The number of alkyl halides is 2. The Morgan fingerprint density at radius 1 is 1.31 bits per heavy atom. The number of amides is 1. The normalized spacial score (nSPS) is 17.3. The van der Waals surface area contributed by atoms with Crippen LogP contribution in [0, 0.1) is 11.6 Å². The summed E-state index contributed by atoms with van der Waals surface area (Å²) in [7, 11) is -3.88. The van der Waals surface area contributed by atoms with Gasteiger partial charge in [-0.2, -0.15) is 5.10 Å². The Hall–Kier alpha value is -3.22. The van der Waals surface area contributed by atoms with Crippen molar-refractivity contribution in [2.24, 2.45) is 0 Å². The van der Waals surface area contributed by atoms with Crippen molar-refractivity contribution in [3.8, 4) is 0 Å². The number of rotatable bonds is 7. The number of benzene rings is 1. The molecular weight excluding hydrogens is 454 g/mol. The van der Waals surface area contributed by atoms with Crippen molar-refractivity contribution in [1.29, 1.82) is 0 Å². The second kappa shape index (κ2) is 7.73. The molecule has 0 unspecified atom stereocenters. The van der Waals surface area contributed by atoms with Gasteiger partial charge in [0.2, 0.25) is 10.0 Å². The van der Waals surface area contributed by atoms with E-state index in [0.717, 1.165) is 18.3 Å². The maximum absolute atomic E-state index is 14.8. The minimum absolute atomic E-state index is 0.00937. The Kier molecular flexibility index (Phi) is 5.31. The van der Waals surface area contributed by atoms with Crippen LogP contribution in [0.25, 0.3) is 11.0 Å². The topological polar surface area (TPSA) is 117 Å². The number of nitrogens with one attached hydrogen (secondary N) is 3. The average Bonchev–Trinajstić information content (AvgIpc) is 3.14. The molecule has 0 saturated heterocycles. The van der Waals surface area contributed by atoms with Crippen LogP contribution in [0.4, 0.5) is 28.9 Å². The molecule has 3 N–H and O–H groups in total. The molecule has 1 amide bonds. The highest BCUT2D eigenvalue weighted by Crippen LogP contribution is 2.56. The molecular formula is C19H17F4N5O3S. The van der Waals surface area contributed by atoms with E-state index >= 15 is 0 Å². The number of sulfonamides is 1. The quantitative estimate of drug-likeness (QED) is 0.454. The summed E-state index contributed by atoms with van der Waals surface area (Å²) in [4.78, 5) is 16.5. The number of anilines is 2. The zero-order valence-electron chi connectivity index (χ0n) is 16.5. The maximum Gasteiger partial charge on any atom is 0.261 e. The minimum atomic E-state index is -3.88. The number of aromatic amines is 1. The highest BCUT2D eigenvalue weighted by atomic mass is 32.2. The fraction of sp³-hybridized carbons (Fsp3) is 0.316. The van der Waals surface area contributed by atoms with Crippen LogP contribution in [-0.2, 0) is 10.0 Å². The van der Waals surface area contributed by atoms with Gasteiger partial charge in [0, 0.05) is 11.8 Å². The Bertz CT molecular complexity index is 1330. The highest BCUT2D eigenvalue weighted by Gasteiger charge is 2.59. The largest absolute Gasteiger partial charge is 0.320 e. The zero-order valence-corrected chi connectivity index (χ0v) is 17.4. The lowest BCUT2D eigenvalue weighted by molar-refractivity contribution is 0.101. The summed E-state index contributed by atoms with van der Waals surface area (Å²) in [5, 5.41) is 8.88. The van der Waals surface area contributed by atoms with Gasteiger partial charge in [-0.15, -0.1) is 0 Å². The van der Waals surface area contributed by atoms with Crippen LogP contribution in [0.5, 0.6) is 0 Å². The molecule has 3 aromatic rings. The van der Waals surface area contributed by atoms with E-state index < -0.39 is 50.7 Å². The van der Waals surface area contributed by atoms with Crippen LogP contribution < -0.4 is 10.0 Å². The van der Waals surface area contributed by atoms with Crippen molar-refractivity contribution in [3.05, 3.63) is 47.3 Å². The number of hydrogen-bond acceptors (Lipinski definition) is 5. The van der Waals surface area contributed by atoms with Crippen molar-refractivity contribution in [2.45, 2.75) is 31.6 Å². The molecule has 8 nitrogen and oxygen atoms in total. The summed E-state index contributed by atoms with van der Waals surface area (Å²) in [5.74, 6) is -8.05. The Morgan fingerprint density at radius 2 is 2.03 bits per heavy atom. The third-order valence-corrected chi connectivity index (χ3v) is 6.39. The fourth-order valence-electron chi connectivity index (χ4n) is 3.29. The number of halogens is 4. The third kappa shape index (κ3) is 4.11. The number of hydrogen-bond donors (Lipinski definition) is 3. The van der Waals surface area contributed by atoms with Gasteiger partial charge < -0.3 is 5.32 Å². The standard InChI is InChI=1S/C19H17F4N5O3S/c1-2-5-32(30,31)28-13-4-3-12(20)14(15(13)21)18(29)25-9-6-10-16(11-7-19(11,22)23)26-27-17(10)24-8-9/h3-4,6,8,11,28H,2,5,7H2,1H3,(H,25,29)(H,24,26,27)/t11-/m0/s1. The molecule has 0 radical (unpaired) electrons. The van der Waals surface area contributed by atoms with E-state index in [0.29, 0.717) is 0 Å². The van der Waals surface area contributed by atoms with Gasteiger partial charge in [-0.25, -0.2) is 31.0 Å². The van der Waals surface area contributed by atoms with Crippen molar-refractivity contribution in [3.63, 3.8) is 0 Å². The van der Waals surface area contributed by atoms with Crippen molar-refractivity contribution < 1.29 is 30.8 Å². The van der Waals surface area contributed by atoms with Crippen molar-refractivity contribution >= 4 is 38.3 Å². The molecule has 0 aliphatic heterocycles.